The Kier molecular flexibility index (Phi) is 8.39. The first-order chi connectivity index (χ1) is 20.2. The first-order valence-electron chi connectivity index (χ1n) is 13.7. The Morgan fingerprint density at radius 3 is 2.47 bits per heavy atom. The normalized spacial score (nSPS) is 18.7. The van der Waals surface area contributed by atoms with Crippen LogP contribution in [-0.2, 0) is 41.3 Å². The minimum atomic E-state index is -4.80. The number of hydrogen-bond acceptors (Lipinski definition) is 8. The number of primary amides is 1. The molecule has 1 atom stereocenters. The molecule has 0 spiro atoms. The van der Waals surface area contributed by atoms with Crippen molar-refractivity contribution < 1.29 is 36.6 Å². The van der Waals surface area contributed by atoms with E-state index in [-0.39, 0.29) is 43.9 Å². The van der Waals surface area contributed by atoms with Gasteiger partial charge in [-0.15, -0.1) is 0 Å². The second kappa shape index (κ2) is 11.6. The number of carbonyl (C=O) groups is 1. The van der Waals surface area contributed by atoms with E-state index in [1.807, 2.05) is 11.0 Å². The summed E-state index contributed by atoms with van der Waals surface area (Å²) in [4.78, 5) is 18.2. The Morgan fingerprint density at radius 2 is 1.86 bits per heavy atom. The third kappa shape index (κ3) is 6.60. The van der Waals surface area contributed by atoms with Crippen LogP contribution < -0.4 is 5.73 Å². The molecule has 1 fully saturated rings. The lowest BCUT2D eigenvalue weighted by molar-refractivity contribution is -0.137. The predicted octanol–water partition coefficient (Wildman–Crippen LogP) is 1.72. The zero-order chi connectivity index (χ0) is 31.2. The van der Waals surface area contributed by atoms with Crippen LogP contribution in [0.25, 0.3) is 11.3 Å². The van der Waals surface area contributed by atoms with Crippen molar-refractivity contribution in [2.24, 2.45) is 5.73 Å². The highest BCUT2D eigenvalue weighted by atomic mass is 32.2. The molecule has 3 aromatic rings. The number of piperidine rings is 1. The highest BCUT2D eigenvalue weighted by Gasteiger charge is 2.37. The summed E-state index contributed by atoms with van der Waals surface area (Å²) in [5, 5.41) is 26.7. The number of halogens is 3. The number of nitrogens with zero attached hydrogens (tertiary/aromatic N) is 5. The van der Waals surface area contributed by atoms with Crippen LogP contribution in [-0.4, -0.2) is 87.0 Å². The number of nitrogens with two attached hydrogens (primary N) is 1. The molecule has 0 bridgehead atoms. The average molecular weight is 623 g/mol. The van der Waals surface area contributed by atoms with Gasteiger partial charge in [0.2, 0.25) is 15.9 Å². The molecule has 4 heterocycles. The first-order valence-corrected chi connectivity index (χ1v) is 15.6. The van der Waals surface area contributed by atoms with Gasteiger partial charge in [-0.25, -0.2) is 8.42 Å². The van der Waals surface area contributed by atoms with Crippen LogP contribution in [0.2, 0.25) is 0 Å². The molecule has 0 radical (unpaired) electrons. The van der Waals surface area contributed by atoms with Gasteiger partial charge >= 0.3 is 6.18 Å². The summed E-state index contributed by atoms with van der Waals surface area (Å²) in [5.74, 6) is -1.26. The summed E-state index contributed by atoms with van der Waals surface area (Å²) in [5.41, 5.74) is 4.46. The van der Waals surface area contributed by atoms with Crippen LogP contribution in [0, 0.1) is 0 Å². The number of fused-ring (bicyclic) bond motifs is 1. The lowest BCUT2D eigenvalue weighted by Gasteiger charge is -2.38. The van der Waals surface area contributed by atoms with E-state index in [4.69, 9.17) is 5.73 Å². The van der Waals surface area contributed by atoms with Gasteiger partial charge in [-0.3, -0.25) is 14.5 Å². The number of hydrogen-bond donors (Lipinski definition) is 3. The number of pyridine rings is 1. The van der Waals surface area contributed by atoms with Crippen molar-refractivity contribution in [3.8, 4) is 11.3 Å². The summed E-state index contributed by atoms with van der Waals surface area (Å²) < 4.78 is 68.0. The van der Waals surface area contributed by atoms with Crippen LogP contribution in [0.1, 0.15) is 45.7 Å². The van der Waals surface area contributed by atoms with E-state index in [1.54, 1.807) is 23.0 Å². The summed E-state index contributed by atoms with van der Waals surface area (Å²) in [6.07, 6.45) is -1.84. The van der Waals surface area contributed by atoms with E-state index >= 15 is 0 Å². The quantitative estimate of drug-likeness (QED) is 0.343. The molecule has 2 aliphatic heterocycles. The number of amides is 1. The van der Waals surface area contributed by atoms with Crippen molar-refractivity contribution in [2.75, 3.05) is 32.4 Å². The number of aliphatic hydroxyl groups excluding tert-OH is 1. The molecule has 1 amide bonds. The van der Waals surface area contributed by atoms with Crippen LogP contribution in [0.3, 0.4) is 0 Å². The number of carbonyl (C=O) groups excluding carboxylic acids is 1. The van der Waals surface area contributed by atoms with Crippen LogP contribution >= 0.6 is 0 Å². The number of rotatable bonds is 8. The number of alkyl halides is 3. The summed E-state index contributed by atoms with van der Waals surface area (Å²) in [6.45, 7) is 1.49. The number of sulfonamides is 1. The monoisotopic (exact) mass is 622 g/mol. The fourth-order valence-corrected chi connectivity index (χ4v) is 6.62. The van der Waals surface area contributed by atoms with Crippen molar-refractivity contribution in [1.82, 2.24) is 24.0 Å². The number of aromatic nitrogens is 3. The Bertz CT molecular complexity index is 1600. The lowest BCUT2D eigenvalue weighted by atomic mass is 9.87. The highest BCUT2D eigenvalue weighted by molar-refractivity contribution is 7.88. The van der Waals surface area contributed by atoms with Crippen LogP contribution in [0.4, 0.5) is 13.2 Å². The van der Waals surface area contributed by atoms with Gasteiger partial charge in [0.1, 0.15) is 5.60 Å². The van der Waals surface area contributed by atoms with Gasteiger partial charge in [-0.2, -0.15) is 22.6 Å². The van der Waals surface area contributed by atoms with Crippen molar-refractivity contribution in [3.63, 3.8) is 0 Å². The van der Waals surface area contributed by atoms with Gasteiger partial charge in [-0.1, -0.05) is 12.1 Å². The predicted molar refractivity (Wildman–Crippen MR) is 150 cm³/mol. The van der Waals surface area contributed by atoms with E-state index in [0.29, 0.717) is 42.9 Å². The van der Waals surface area contributed by atoms with Crippen molar-refractivity contribution in [1.29, 1.82) is 0 Å². The molecular formula is C28H33F3N6O5S. The van der Waals surface area contributed by atoms with Crippen LogP contribution in [0.5, 0.6) is 0 Å². The number of aliphatic hydroxyl groups is 2. The van der Waals surface area contributed by atoms with Gasteiger partial charge in [0.05, 0.1) is 41.4 Å². The molecule has 1 saturated heterocycles. The molecule has 43 heavy (non-hydrogen) atoms. The summed E-state index contributed by atoms with van der Waals surface area (Å²) in [7, 11) is -3.59. The third-order valence-electron chi connectivity index (χ3n) is 8.11. The number of benzene rings is 1. The van der Waals surface area contributed by atoms with Crippen molar-refractivity contribution in [2.45, 2.75) is 50.2 Å². The Hall–Kier alpha value is -3.37. The van der Waals surface area contributed by atoms with E-state index in [0.717, 1.165) is 18.4 Å². The first kappa shape index (κ1) is 31.1. The SMILES string of the molecule is CS(=O)(=O)N1CCc2c(c(-c3ccc(C(F)(F)F)c(C(N)=O)c3)nn2CC(O)CN2CCC(O)(c3ccccn3)CC2)C1. The zero-order valence-corrected chi connectivity index (χ0v) is 24.3. The van der Waals surface area contributed by atoms with E-state index < -0.39 is 44.9 Å². The molecule has 11 nitrogen and oxygen atoms in total. The maximum atomic E-state index is 13.5. The summed E-state index contributed by atoms with van der Waals surface area (Å²) in [6, 6.07) is 8.35. The highest BCUT2D eigenvalue weighted by Crippen LogP contribution is 2.37. The lowest BCUT2D eigenvalue weighted by Crippen LogP contribution is -2.46. The Morgan fingerprint density at radius 1 is 1.14 bits per heavy atom. The fraction of sp³-hybridized carbons (Fsp3) is 0.464. The van der Waals surface area contributed by atoms with Crippen molar-refractivity contribution in [3.05, 3.63) is 70.7 Å². The third-order valence-corrected chi connectivity index (χ3v) is 9.36. The molecule has 2 aliphatic rings. The van der Waals surface area contributed by atoms with Gasteiger partial charge in [0.15, 0.2) is 0 Å². The smallest absolute Gasteiger partial charge is 0.390 e. The van der Waals surface area contributed by atoms with Gasteiger partial charge in [0.25, 0.3) is 0 Å². The number of likely N-dealkylation sites (tertiary alicyclic amines) is 1. The molecule has 232 valence electrons. The van der Waals surface area contributed by atoms with Crippen molar-refractivity contribution >= 4 is 15.9 Å². The number of β-amino-alcohol motifs (C(OH)–C–C–N with tert-alkyl or cyclic N) is 1. The Balaban J connectivity index is 1.39. The van der Waals surface area contributed by atoms with Gasteiger partial charge in [0, 0.05) is 62.2 Å². The topological polar surface area (TPSA) is 155 Å². The van der Waals surface area contributed by atoms with Crippen LogP contribution in [0.15, 0.2) is 42.6 Å². The Labute approximate surface area is 246 Å². The van der Waals surface area contributed by atoms with E-state index in [9.17, 15) is 36.6 Å². The van der Waals surface area contributed by atoms with E-state index in [2.05, 4.69) is 10.1 Å². The molecule has 15 heteroatoms. The molecule has 5 rings (SSSR count). The maximum absolute atomic E-state index is 13.5. The molecule has 2 aromatic heterocycles. The second-order valence-corrected chi connectivity index (χ2v) is 13.1. The molecule has 0 aliphatic carbocycles. The standard InChI is InChI=1S/C28H33F3N6O5S/c1-43(41,42)36-11-7-23-21(17-36)25(18-5-6-22(28(29,30)31)20(14-18)26(32)39)34-37(23)16-19(38)15-35-12-8-27(40,9-13-35)24-4-2-3-10-33-24/h2-6,10,14,19,38,40H,7-9,11-13,15-17H2,1H3,(H2,32,39). The molecule has 1 unspecified atom stereocenters. The minimum Gasteiger partial charge on any atom is -0.390 e. The largest absolute Gasteiger partial charge is 0.417 e. The molecular weight excluding hydrogens is 589 g/mol. The van der Waals surface area contributed by atoms with Gasteiger partial charge < -0.3 is 20.8 Å². The maximum Gasteiger partial charge on any atom is 0.417 e. The molecule has 4 N–H and O–H groups in total. The zero-order valence-electron chi connectivity index (χ0n) is 23.5. The van der Waals surface area contributed by atoms with E-state index in [1.165, 1.54) is 10.4 Å². The summed E-state index contributed by atoms with van der Waals surface area (Å²) >= 11 is 0. The van der Waals surface area contributed by atoms with Gasteiger partial charge in [-0.05, 0) is 37.1 Å². The minimum absolute atomic E-state index is 0.0472. The molecule has 0 saturated carbocycles. The molecule has 1 aromatic carbocycles. The fourth-order valence-electron chi connectivity index (χ4n) is 5.83. The average Bonchev–Trinajstić information content (AvgIpc) is 3.31. The second-order valence-electron chi connectivity index (χ2n) is 11.1.